The molecule has 2 aromatic carbocycles. The maximum atomic E-state index is 13.6. The van der Waals surface area contributed by atoms with E-state index in [0.29, 0.717) is 0 Å². The standard InChI is InChI=1S/C15H12BrF3/c1-9-7-10(17)5-6-11(9)13(16)8-12-14(18)3-2-4-15(12)19/h2-7,13H,8H2,1H3. The van der Waals surface area contributed by atoms with E-state index in [4.69, 9.17) is 0 Å². The van der Waals surface area contributed by atoms with Crippen LogP contribution < -0.4 is 0 Å². The van der Waals surface area contributed by atoms with Crippen LogP contribution >= 0.6 is 15.9 Å². The van der Waals surface area contributed by atoms with Crippen LogP contribution in [0.1, 0.15) is 21.5 Å². The molecule has 4 heteroatoms. The Morgan fingerprint density at radius 3 is 2.26 bits per heavy atom. The van der Waals surface area contributed by atoms with Gasteiger partial charge in [0, 0.05) is 10.4 Å². The normalized spacial score (nSPS) is 12.5. The molecular weight excluding hydrogens is 317 g/mol. The minimum atomic E-state index is -0.566. The van der Waals surface area contributed by atoms with E-state index < -0.39 is 11.6 Å². The molecule has 0 aliphatic carbocycles. The molecule has 0 spiro atoms. The smallest absolute Gasteiger partial charge is 0.129 e. The van der Waals surface area contributed by atoms with E-state index in [1.165, 1.54) is 30.3 Å². The molecule has 0 nitrogen and oxygen atoms in total. The van der Waals surface area contributed by atoms with E-state index in [9.17, 15) is 13.2 Å². The highest BCUT2D eigenvalue weighted by Crippen LogP contribution is 2.31. The van der Waals surface area contributed by atoms with Gasteiger partial charge in [0.2, 0.25) is 0 Å². The number of benzene rings is 2. The van der Waals surface area contributed by atoms with Crippen LogP contribution in [-0.2, 0) is 6.42 Å². The molecule has 0 saturated heterocycles. The van der Waals surface area contributed by atoms with Gasteiger partial charge >= 0.3 is 0 Å². The molecular formula is C15H12BrF3. The number of halogens is 4. The van der Waals surface area contributed by atoms with E-state index in [-0.39, 0.29) is 22.6 Å². The quantitative estimate of drug-likeness (QED) is 0.688. The van der Waals surface area contributed by atoms with Gasteiger partial charge in [-0.2, -0.15) is 0 Å². The Labute approximate surface area is 118 Å². The van der Waals surface area contributed by atoms with Crippen LogP contribution in [-0.4, -0.2) is 0 Å². The first kappa shape index (κ1) is 14.1. The van der Waals surface area contributed by atoms with Gasteiger partial charge in [-0.15, -0.1) is 0 Å². The van der Waals surface area contributed by atoms with E-state index in [2.05, 4.69) is 15.9 Å². The van der Waals surface area contributed by atoms with Crippen molar-refractivity contribution in [3.8, 4) is 0 Å². The first-order valence-electron chi connectivity index (χ1n) is 5.82. The van der Waals surface area contributed by atoms with Crippen molar-refractivity contribution in [1.29, 1.82) is 0 Å². The van der Waals surface area contributed by atoms with Crippen LogP contribution in [0.4, 0.5) is 13.2 Å². The monoisotopic (exact) mass is 328 g/mol. The van der Waals surface area contributed by atoms with E-state index >= 15 is 0 Å². The highest BCUT2D eigenvalue weighted by atomic mass is 79.9. The topological polar surface area (TPSA) is 0 Å². The largest absolute Gasteiger partial charge is 0.207 e. The fourth-order valence-electron chi connectivity index (χ4n) is 2.01. The second-order valence-electron chi connectivity index (χ2n) is 4.37. The molecule has 0 fully saturated rings. The third kappa shape index (κ3) is 3.18. The number of alkyl halides is 1. The summed E-state index contributed by atoms with van der Waals surface area (Å²) in [6.45, 7) is 1.77. The Hall–Kier alpha value is -1.29. The van der Waals surface area contributed by atoms with E-state index in [1.807, 2.05) is 0 Å². The number of aryl methyl sites for hydroxylation is 1. The summed E-state index contributed by atoms with van der Waals surface area (Å²) in [5.41, 5.74) is 1.61. The molecule has 2 aromatic rings. The summed E-state index contributed by atoms with van der Waals surface area (Å²) in [6, 6.07) is 8.17. The molecule has 0 aromatic heterocycles. The zero-order valence-electron chi connectivity index (χ0n) is 10.3. The molecule has 0 heterocycles. The van der Waals surface area contributed by atoms with Crippen molar-refractivity contribution >= 4 is 15.9 Å². The number of hydrogen-bond donors (Lipinski definition) is 0. The number of hydrogen-bond acceptors (Lipinski definition) is 0. The van der Waals surface area contributed by atoms with Gasteiger partial charge in [-0.05, 0) is 48.7 Å². The van der Waals surface area contributed by atoms with E-state index in [1.54, 1.807) is 13.0 Å². The van der Waals surface area contributed by atoms with Crippen LogP contribution in [0.5, 0.6) is 0 Å². The SMILES string of the molecule is Cc1cc(F)ccc1C(Br)Cc1c(F)cccc1F. The van der Waals surface area contributed by atoms with Crippen LogP contribution in [0.2, 0.25) is 0 Å². The van der Waals surface area contributed by atoms with Gasteiger partial charge in [-0.25, -0.2) is 13.2 Å². The molecule has 19 heavy (non-hydrogen) atoms. The summed E-state index contributed by atoms with van der Waals surface area (Å²) >= 11 is 3.41. The first-order valence-corrected chi connectivity index (χ1v) is 6.73. The summed E-state index contributed by atoms with van der Waals surface area (Å²) < 4.78 is 40.2. The molecule has 0 amide bonds. The lowest BCUT2D eigenvalue weighted by atomic mass is 10.00. The van der Waals surface area contributed by atoms with Crippen molar-refractivity contribution in [3.05, 3.63) is 70.5 Å². The Morgan fingerprint density at radius 1 is 1.05 bits per heavy atom. The molecule has 0 radical (unpaired) electrons. The fourth-order valence-corrected chi connectivity index (χ4v) is 2.84. The van der Waals surface area contributed by atoms with Crippen molar-refractivity contribution in [2.45, 2.75) is 18.2 Å². The van der Waals surface area contributed by atoms with Gasteiger partial charge in [-0.3, -0.25) is 0 Å². The molecule has 0 aliphatic rings. The summed E-state index contributed by atoms with van der Waals surface area (Å²) in [5, 5.41) is 0. The fraction of sp³-hybridized carbons (Fsp3) is 0.200. The minimum absolute atomic E-state index is 0.0353. The van der Waals surface area contributed by atoms with Crippen LogP contribution in [0, 0.1) is 24.4 Å². The average molecular weight is 329 g/mol. The highest BCUT2D eigenvalue weighted by molar-refractivity contribution is 9.09. The van der Waals surface area contributed by atoms with Crippen LogP contribution in [0.3, 0.4) is 0 Å². The maximum Gasteiger partial charge on any atom is 0.129 e. The summed E-state index contributed by atoms with van der Waals surface area (Å²) in [5.74, 6) is -1.45. The Balaban J connectivity index is 2.28. The van der Waals surface area contributed by atoms with Crippen molar-refractivity contribution in [2.75, 3.05) is 0 Å². The second-order valence-corrected chi connectivity index (χ2v) is 5.48. The minimum Gasteiger partial charge on any atom is -0.207 e. The lowest BCUT2D eigenvalue weighted by molar-refractivity contribution is 0.554. The van der Waals surface area contributed by atoms with Gasteiger partial charge in [0.15, 0.2) is 0 Å². The summed E-state index contributed by atoms with van der Waals surface area (Å²) in [7, 11) is 0. The molecule has 0 saturated carbocycles. The Morgan fingerprint density at radius 2 is 1.68 bits per heavy atom. The van der Waals surface area contributed by atoms with Gasteiger partial charge in [0.25, 0.3) is 0 Å². The van der Waals surface area contributed by atoms with Gasteiger partial charge < -0.3 is 0 Å². The van der Waals surface area contributed by atoms with Gasteiger partial charge in [0.05, 0.1) is 0 Å². The van der Waals surface area contributed by atoms with Gasteiger partial charge in [0.1, 0.15) is 17.5 Å². The molecule has 100 valence electrons. The summed E-state index contributed by atoms with van der Waals surface area (Å²) in [4.78, 5) is -0.264. The molecule has 0 aliphatic heterocycles. The lowest BCUT2D eigenvalue weighted by Crippen LogP contribution is -2.03. The van der Waals surface area contributed by atoms with Crippen molar-refractivity contribution in [3.63, 3.8) is 0 Å². The van der Waals surface area contributed by atoms with Crippen molar-refractivity contribution in [1.82, 2.24) is 0 Å². The maximum absolute atomic E-state index is 13.6. The molecule has 2 rings (SSSR count). The van der Waals surface area contributed by atoms with Crippen LogP contribution in [0.15, 0.2) is 36.4 Å². The first-order chi connectivity index (χ1) is 8.99. The zero-order valence-corrected chi connectivity index (χ0v) is 11.8. The zero-order chi connectivity index (χ0) is 14.0. The second kappa shape index (κ2) is 5.78. The number of rotatable bonds is 3. The third-order valence-electron chi connectivity index (χ3n) is 3.01. The average Bonchev–Trinajstić information content (AvgIpc) is 2.33. The lowest BCUT2D eigenvalue weighted by Gasteiger charge is -2.14. The summed E-state index contributed by atoms with van der Waals surface area (Å²) in [6.07, 6.45) is 0.172. The Bertz CT molecular complexity index is 576. The molecule has 1 atom stereocenters. The third-order valence-corrected chi connectivity index (χ3v) is 3.83. The predicted octanol–water partition coefficient (Wildman–Crippen LogP) is 5.09. The predicted molar refractivity (Wildman–Crippen MR) is 72.9 cm³/mol. The molecule has 0 bridgehead atoms. The van der Waals surface area contributed by atoms with E-state index in [0.717, 1.165) is 11.1 Å². The Kier molecular flexibility index (Phi) is 4.30. The van der Waals surface area contributed by atoms with Crippen molar-refractivity contribution in [2.24, 2.45) is 0 Å². The van der Waals surface area contributed by atoms with Crippen LogP contribution in [0.25, 0.3) is 0 Å². The highest BCUT2D eigenvalue weighted by Gasteiger charge is 2.16. The molecule has 1 unspecified atom stereocenters. The van der Waals surface area contributed by atoms with Crippen molar-refractivity contribution < 1.29 is 13.2 Å². The van der Waals surface area contributed by atoms with Gasteiger partial charge in [-0.1, -0.05) is 28.1 Å². The molecule has 0 N–H and O–H groups in total.